The summed E-state index contributed by atoms with van der Waals surface area (Å²) in [6, 6.07) is 1.55. The maximum absolute atomic E-state index is 5.44. The van der Waals surface area contributed by atoms with Gasteiger partial charge in [-0.25, -0.2) is 0 Å². The predicted octanol–water partition coefficient (Wildman–Crippen LogP) is 1.24. The number of nitrogens with zero attached hydrogens (tertiary/aromatic N) is 1. The number of rotatable bonds is 3. The van der Waals surface area contributed by atoms with Crippen molar-refractivity contribution >= 4 is 0 Å². The van der Waals surface area contributed by atoms with Crippen molar-refractivity contribution in [3.8, 4) is 0 Å². The van der Waals surface area contributed by atoms with Gasteiger partial charge in [-0.1, -0.05) is 0 Å². The summed E-state index contributed by atoms with van der Waals surface area (Å²) in [5.74, 6) is 0. The van der Waals surface area contributed by atoms with E-state index in [2.05, 4.69) is 17.3 Å². The van der Waals surface area contributed by atoms with Crippen molar-refractivity contribution in [2.45, 2.75) is 50.3 Å². The first-order valence-electron chi connectivity index (χ1n) is 6.27. The van der Waals surface area contributed by atoms with Gasteiger partial charge in [-0.15, -0.1) is 0 Å². The molecule has 2 atom stereocenters. The molecule has 2 fully saturated rings. The largest absolute Gasteiger partial charge is 0.381 e. The number of methoxy groups -OCH3 is 1. The zero-order valence-electron chi connectivity index (χ0n) is 10.0. The minimum Gasteiger partial charge on any atom is -0.381 e. The molecule has 1 heterocycles. The average Bonchev–Trinajstić information content (AvgIpc) is 2.78. The Labute approximate surface area is 93.2 Å². The highest BCUT2D eigenvalue weighted by Gasteiger charge is 2.31. The number of piperidine rings is 1. The summed E-state index contributed by atoms with van der Waals surface area (Å²) < 4.78 is 5.44. The van der Waals surface area contributed by atoms with Crippen LogP contribution in [0.1, 0.15) is 32.1 Å². The van der Waals surface area contributed by atoms with Gasteiger partial charge >= 0.3 is 0 Å². The molecule has 3 heteroatoms. The van der Waals surface area contributed by atoms with Crippen molar-refractivity contribution in [2.24, 2.45) is 0 Å². The molecule has 0 spiro atoms. The molecule has 1 saturated carbocycles. The van der Waals surface area contributed by atoms with E-state index in [1.165, 1.54) is 45.2 Å². The molecule has 2 unspecified atom stereocenters. The highest BCUT2D eigenvalue weighted by atomic mass is 16.5. The molecule has 0 bridgehead atoms. The lowest BCUT2D eigenvalue weighted by atomic mass is 10.0. The lowest BCUT2D eigenvalue weighted by Crippen LogP contribution is -2.45. The number of ether oxygens (including phenoxy) is 1. The van der Waals surface area contributed by atoms with Crippen LogP contribution in [0.3, 0.4) is 0 Å². The Morgan fingerprint density at radius 2 is 1.87 bits per heavy atom. The normalized spacial score (nSPS) is 34.8. The first-order chi connectivity index (χ1) is 7.33. The number of hydrogen-bond acceptors (Lipinski definition) is 3. The molecule has 0 amide bonds. The van der Waals surface area contributed by atoms with Gasteiger partial charge in [0.2, 0.25) is 0 Å². The smallest absolute Gasteiger partial charge is 0.0586 e. The molecule has 0 radical (unpaired) electrons. The van der Waals surface area contributed by atoms with Gasteiger partial charge in [0.05, 0.1) is 6.10 Å². The lowest BCUT2D eigenvalue weighted by molar-refractivity contribution is 0.0899. The second-order valence-corrected chi connectivity index (χ2v) is 4.92. The van der Waals surface area contributed by atoms with E-state index in [0.29, 0.717) is 6.10 Å². The Morgan fingerprint density at radius 1 is 1.13 bits per heavy atom. The van der Waals surface area contributed by atoms with Crippen LogP contribution in [0, 0.1) is 0 Å². The Kier molecular flexibility index (Phi) is 4.00. The van der Waals surface area contributed by atoms with Crippen molar-refractivity contribution in [3.05, 3.63) is 0 Å². The first kappa shape index (κ1) is 11.4. The average molecular weight is 212 g/mol. The molecule has 1 saturated heterocycles. The van der Waals surface area contributed by atoms with Crippen molar-refractivity contribution in [1.82, 2.24) is 10.2 Å². The van der Waals surface area contributed by atoms with Gasteiger partial charge in [0.1, 0.15) is 0 Å². The third-order valence-electron chi connectivity index (χ3n) is 4.14. The zero-order valence-corrected chi connectivity index (χ0v) is 10.0. The van der Waals surface area contributed by atoms with Crippen LogP contribution in [0.2, 0.25) is 0 Å². The fraction of sp³-hybridized carbons (Fsp3) is 1.00. The summed E-state index contributed by atoms with van der Waals surface area (Å²) in [6.07, 6.45) is 6.99. The summed E-state index contributed by atoms with van der Waals surface area (Å²) >= 11 is 0. The molecule has 3 nitrogen and oxygen atoms in total. The first-order valence-corrected chi connectivity index (χ1v) is 6.27. The highest BCUT2D eigenvalue weighted by Crippen LogP contribution is 2.28. The molecule has 1 aliphatic carbocycles. The summed E-state index contributed by atoms with van der Waals surface area (Å²) in [7, 11) is 3.93. The zero-order chi connectivity index (χ0) is 10.7. The monoisotopic (exact) mass is 212 g/mol. The van der Waals surface area contributed by atoms with E-state index < -0.39 is 0 Å². The van der Waals surface area contributed by atoms with E-state index in [-0.39, 0.29) is 0 Å². The summed E-state index contributed by atoms with van der Waals surface area (Å²) in [5.41, 5.74) is 0. The Morgan fingerprint density at radius 3 is 2.40 bits per heavy atom. The second kappa shape index (κ2) is 5.28. The van der Waals surface area contributed by atoms with Crippen molar-refractivity contribution in [3.63, 3.8) is 0 Å². The minimum atomic E-state index is 0.525. The van der Waals surface area contributed by atoms with Crippen LogP contribution >= 0.6 is 0 Å². The standard InChI is InChI=1S/C12H24N2O/c1-13-10-5-7-14(8-6-10)11-3-4-12(9-11)15-2/h10-13H,3-9H2,1-2H3. The van der Waals surface area contributed by atoms with E-state index in [1.54, 1.807) is 0 Å². The molecule has 88 valence electrons. The third kappa shape index (κ3) is 2.71. The molecular weight excluding hydrogens is 188 g/mol. The van der Waals surface area contributed by atoms with E-state index >= 15 is 0 Å². The van der Waals surface area contributed by atoms with Crippen LogP contribution in [0.5, 0.6) is 0 Å². The quantitative estimate of drug-likeness (QED) is 0.762. The molecule has 1 N–H and O–H groups in total. The molecule has 2 aliphatic rings. The number of nitrogens with one attached hydrogen (secondary N) is 1. The van der Waals surface area contributed by atoms with Crippen LogP contribution in [0.4, 0.5) is 0 Å². The second-order valence-electron chi connectivity index (χ2n) is 4.92. The Bertz CT molecular complexity index is 190. The van der Waals surface area contributed by atoms with Gasteiger partial charge in [0.15, 0.2) is 0 Å². The van der Waals surface area contributed by atoms with E-state index in [4.69, 9.17) is 4.74 Å². The van der Waals surface area contributed by atoms with Crippen LogP contribution in [-0.2, 0) is 4.74 Å². The van der Waals surface area contributed by atoms with Gasteiger partial charge in [0.25, 0.3) is 0 Å². The van der Waals surface area contributed by atoms with Crippen LogP contribution in [-0.4, -0.2) is 50.3 Å². The van der Waals surface area contributed by atoms with Crippen LogP contribution in [0.25, 0.3) is 0 Å². The van der Waals surface area contributed by atoms with Gasteiger partial charge in [-0.2, -0.15) is 0 Å². The number of likely N-dealkylation sites (tertiary alicyclic amines) is 1. The fourth-order valence-electron chi connectivity index (χ4n) is 3.02. The lowest BCUT2D eigenvalue weighted by Gasteiger charge is -2.35. The highest BCUT2D eigenvalue weighted by molar-refractivity contribution is 4.87. The predicted molar refractivity (Wildman–Crippen MR) is 62.1 cm³/mol. The van der Waals surface area contributed by atoms with Crippen molar-refractivity contribution in [1.29, 1.82) is 0 Å². The van der Waals surface area contributed by atoms with Crippen LogP contribution < -0.4 is 5.32 Å². The molecule has 0 aromatic rings. The molecule has 2 rings (SSSR count). The summed E-state index contributed by atoms with van der Waals surface area (Å²) in [6.45, 7) is 2.54. The SMILES string of the molecule is CNC1CCN(C2CCC(OC)C2)CC1. The summed E-state index contributed by atoms with van der Waals surface area (Å²) in [4.78, 5) is 2.67. The topological polar surface area (TPSA) is 24.5 Å². The number of hydrogen-bond donors (Lipinski definition) is 1. The molecule has 15 heavy (non-hydrogen) atoms. The third-order valence-corrected chi connectivity index (χ3v) is 4.14. The maximum atomic E-state index is 5.44. The Hall–Kier alpha value is -0.120. The van der Waals surface area contributed by atoms with Gasteiger partial charge < -0.3 is 15.0 Å². The van der Waals surface area contributed by atoms with Crippen LogP contribution in [0.15, 0.2) is 0 Å². The molecule has 0 aromatic carbocycles. The van der Waals surface area contributed by atoms with Gasteiger partial charge in [0, 0.05) is 19.2 Å². The van der Waals surface area contributed by atoms with Gasteiger partial charge in [-0.05, 0) is 52.2 Å². The van der Waals surface area contributed by atoms with Crippen molar-refractivity contribution in [2.75, 3.05) is 27.2 Å². The molecule has 0 aromatic heterocycles. The minimum absolute atomic E-state index is 0.525. The molecule has 1 aliphatic heterocycles. The van der Waals surface area contributed by atoms with E-state index in [9.17, 15) is 0 Å². The Balaban J connectivity index is 1.76. The summed E-state index contributed by atoms with van der Waals surface area (Å²) in [5, 5.41) is 3.38. The van der Waals surface area contributed by atoms with Crippen molar-refractivity contribution < 1.29 is 4.74 Å². The van der Waals surface area contributed by atoms with E-state index in [1.807, 2.05) is 7.11 Å². The fourth-order valence-corrected chi connectivity index (χ4v) is 3.02. The van der Waals surface area contributed by atoms with Gasteiger partial charge in [-0.3, -0.25) is 0 Å². The van der Waals surface area contributed by atoms with E-state index in [0.717, 1.165) is 12.1 Å². The maximum Gasteiger partial charge on any atom is 0.0586 e. The molecular formula is C12H24N2O.